The van der Waals surface area contributed by atoms with Crippen LogP contribution in [0.3, 0.4) is 0 Å². The molecule has 2 amide bonds. The van der Waals surface area contributed by atoms with Crippen LogP contribution in [0, 0.1) is 0 Å². The van der Waals surface area contributed by atoms with Gasteiger partial charge in [0.1, 0.15) is 5.75 Å². The summed E-state index contributed by atoms with van der Waals surface area (Å²) in [4.78, 5) is 14.2. The predicted octanol–water partition coefficient (Wildman–Crippen LogP) is 4.86. The molecule has 3 aromatic rings. The van der Waals surface area contributed by atoms with Crippen LogP contribution in [0.2, 0.25) is 0 Å². The number of nitrogens with zero attached hydrogens (tertiary/aromatic N) is 1. The number of rotatable bonds is 6. The summed E-state index contributed by atoms with van der Waals surface area (Å²) in [7, 11) is 3.46. The Labute approximate surface area is 158 Å². The summed E-state index contributed by atoms with van der Waals surface area (Å²) < 4.78 is 6.70. The van der Waals surface area contributed by atoms with Crippen molar-refractivity contribution in [1.82, 2.24) is 10.2 Å². The molecule has 0 aliphatic rings. The minimum Gasteiger partial charge on any atom is -0.496 e. The number of para-hydroxylation sites is 1. The summed E-state index contributed by atoms with van der Waals surface area (Å²) in [6, 6.07) is 16.0. The summed E-state index contributed by atoms with van der Waals surface area (Å²) in [5.74, 6) is 0.796. The molecular formula is C21H24N2O2S. The first-order valence-corrected chi connectivity index (χ1v) is 9.58. The zero-order valence-electron chi connectivity index (χ0n) is 15.4. The van der Waals surface area contributed by atoms with Gasteiger partial charge in [-0.25, -0.2) is 4.79 Å². The van der Waals surface area contributed by atoms with Gasteiger partial charge in [-0.3, -0.25) is 0 Å². The van der Waals surface area contributed by atoms with E-state index in [-0.39, 0.29) is 12.1 Å². The lowest BCUT2D eigenvalue weighted by Crippen LogP contribution is -2.39. The van der Waals surface area contributed by atoms with E-state index in [0.717, 1.165) is 17.7 Å². The largest absolute Gasteiger partial charge is 0.496 e. The fourth-order valence-corrected chi connectivity index (χ4v) is 4.05. The van der Waals surface area contributed by atoms with E-state index >= 15 is 0 Å². The van der Waals surface area contributed by atoms with Crippen molar-refractivity contribution in [2.24, 2.45) is 0 Å². The Hall–Kier alpha value is -2.53. The number of carbonyl (C=O) groups is 1. The maximum absolute atomic E-state index is 12.5. The van der Waals surface area contributed by atoms with Crippen LogP contribution >= 0.6 is 11.3 Å². The molecule has 3 rings (SSSR count). The van der Waals surface area contributed by atoms with E-state index in [0.29, 0.717) is 6.54 Å². The molecule has 1 N–H and O–H groups in total. The molecule has 0 aliphatic carbocycles. The van der Waals surface area contributed by atoms with E-state index in [1.54, 1.807) is 23.3 Å². The fraction of sp³-hybridized carbons (Fsp3) is 0.286. The normalized spacial score (nSPS) is 12.0. The molecule has 1 aromatic heterocycles. The first-order valence-electron chi connectivity index (χ1n) is 8.70. The first kappa shape index (κ1) is 18.3. The molecule has 0 saturated carbocycles. The monoisotopic (exact) mass is 368 g/mol. The SMILES string of the molecule is COc1ccccc1C(C)N(C)C(=O)NCCc1csc2ccccc12. The van der Waals surface area contributed by atoms with Crippen LogP contribution < -0.4 is 10.1 Å². The van der Waals surface area contributed by atoms with Gasteiger partial charge in [0.05, 0.1) is 13.2 Å². The van der Waals surface area contributed by atoms with E-state index in [9.17, 15) is 4.79 Å². The highest BCUT2D eigenvalue weighted by Gasteiger charge is 2.19. The Morgan fingerprint density at radius 2 is 1.92 bits per heavy atom. The van der Waals surface area contributed by atoms with E-state index in [2.05, 4.69) is 35.0 Å². The predicted molar refractivity (Wildman–Crippen MR) is 108 cm³/mol. The molecule has 1 heterocycles. The molecule has 1 atom stereocenters. The number of benzene rings is 2. The van der Waals surface area contributed by atoms with Crippen molar-refractivity contribution in [1.29, 1.82) is 0 Å². The highest BCUT2D eigenvalue weighted by molar-refractivity contribution is 7.17. The van der Waals surface area contributed by atoms with Crippen LogP contribution in [0.1, 0.15) is 24.1 Å². The lowest BCUT2D eigenvalue weighted by molar-refractivity contribution is 0.193. The van der Waals surface area contributed by atoms with Crippen LogP contribution in [0.5, 0.6) is 5.75 Å². The van der Waals surface area contributed by atoms with Gasteiger partial charge >= 0.3 is 6.03 Å². The molecule has 26 heavy (non-hydrogen) atoms. The van der Waals surface area contributed by atoms with Crippen LogP contribution in [0.25, 0.3) is 10.1 Å². The molecule has 0 saturated heterocycles. The summed E-state index contributed by atoms with van der Waals surface area (Å²) in [5.41, 5.74) is 2.28. The molecular weight excluding hydrogens is 344 g/mol. The smallest absolute Gasteiger partial charge is 0.317 e. The van der Waals surface area contributed by atoms with Crippen molar-refractivity contribution in [3.05, 3.63) is 65.0 Å². The number of amides is 2. The highest BCUT2D eigenvalue weighted by Crippen LogP contribution is 2.28. The summed E-state index contributed by atoms with van der Waals surface area (Å²) in [5, 5.41) is 6.48. The van der Waals surface area contributed by atoms with Gasteiger partial charge < -0.3 is 15.0 Å². The van der Waals surface area contributed by atoms with Crippen LogP contribution in [0.15, 0.2) is 53.9 Å². The van der Waals surface area contributed by atoms with Gasteiger partial charge in [-0.2, -0.15) is 0 Å². The number of hydrogen-bond donors (Lipinski definition) is 1. The molecule has 2 aromatic carbocycles. The summed E-state index contributed by atoms with van der Waals surface area (Å²) in [6.07, 6.45) is 0.826. The maximum Gasteiger partial charge on any atom is 0.317 e. The number of nitrogens with one attached hydrogen (secondary N) is 1. The Morgan fingerprint density at radius 1 is 1.19 bits per heavy atom. The second kappa shape index (κ2) is 8.23. The molecule has 0 aliphatic heterocycles. The van der Waals surface area contributed by atoms with Gasteiger partial charge in [0.15, 0.2) is 0 Å². The number of methoxy groups -OCH3 is 1. The third kappa shape index (κ3) is 3.83. The highest BCUT2D eigenvalue weighted by atomic mass is 32.1. The third-order valence-electron chi connectivity index (χ3n) is 4.72. The van der Waals surface area contributed by atoms with Crippen molar-refractivity contribution in [2.45, 2.75) is 19.4 Å². The van der Waals surface area contributed by atoms with Crippen molar-refractivity contribution in [3.8, 4) is 5.75 Å². The van der Waals surface area contributed by atoms with Gasteiger partial charge in [-0.1, -0.05) is 36.4 Å². The van der Waals surface area contributed by atoms with Gasteiger partial charge in [-0.15, -0.1) is 11.3 Å². The lowest BCUT2D eigenvalue weighted by atomic mass is 10.1. The van der Waals surface area contributed by atoms with E-state index < -0.39 is 0 Å². The topological polar surface area (TPSA) is 41.6 Å². The quantitative estimate of drug-likeness (QED) is 0.675. The molecule has 0 radical (unpaired) electrons. The van der Waals surface area contributed by atoms with Gasteiger partial charge in [0, 0.05) is 23.9 Å². The van der Waals surface area contributed by atoms with Gasteiger partial charge in [0.2, 0.25) is 0 Å². The Balaban J connectivity index is 1.59. The number of thiophene rings is 1. The lowest BCUT2D eigenvalue weighted by Gasteiger charge is -2.26. The standard InChI is InChI=1S/C21H24N2O2S/c1-15(17-8-4-6-10-19(17)25-3)23(2)21(24)22-13-12-16-14-26-20-11-7-5-9-18(16)20/h4-11,14-15H,12-13H2,1-3H3,(H,22,24). The molecule has 1 unspecified atom stereocenters. The van der Waals surface area contributed by atoms with Crippen molar-refractivity contribution >= 4 is 27.5 Å². The van der Waals surface area contributed by atoms with Crippen molar-refractivity contribution in [3.63, 3.8) is 0 Å². The number of fused-ring (bicyclic) bond motifs is 1. The molecule has 0 fully saturated rings. The van der Waals surface area contributed by atoms with Crippen molar-refractivity contribution < 1.29 is 9.53 Å². The fourth-order valence-electron chi connectivity index (χ4n) is 3.05. The maximum atomic E-state index is 12.5. The Morgan fingerprint density at radius 3 is 2.73 bits per heavy atom. The average Bonchev–Trinajstić information content (AvgIpc) is 3.10. The summed E-state index contributed by atoms with van der Waals surface area (Å²) in [6.45, 7) is 2.62. The first-order chi connectivity index (χ1) is 12.6. The third-order valence-corrected chi connectivity index (χ3v) is 5.73. The molecule has 0 spiro atoms. The van der Waals surface area contributed by atoms with E-state index in [1.807, 2.05) is 38.2 Å². The number of ether oxygens (including phenoxy) is 1. The zero-order valence-corrected chi connectivity index (χ0v) is 16.2. The second-order valence-corrected chi connectivity index (χ2v) is 7.18. The van der Waals surface area contributed by atoms with E-state index in [4.69, 9.17) is 4.74 Å². The van der Waals surface area contributed by atoms with Crippen LogP contribution in [-0.2, 0) is 6.42 Å². The van der Waals surface area contributed by atoms with Crippen molar-refractivity contribution in [2.75, 3.05) is 20.7 Å². The number of hydrogen-bond acceptors (Lipinski definition) is 3. The minimum atomic E-state index is -0.0806. The zero-order chi connectivity index (χ0) is 18.5. The number of urea groups is 1. The second-order valence-electron chi connectivity index (χ2n) is 6.27. The van der Waals surface area contributed by atoms with E-state index in [1.165, 1.54) is 15.6 Å². The minimum absolute atomic E-state index is 0.0758. The number of carbonyl (C=O) groups excluding carboxylic acids is 1. The Kier molecular flexibility index (Phi) is 5.78. The van der Waals surface area contributed by atoms with Gasteiger partial charge in [-0.05, 0) is 41.8 Å². The molecule has 0 bridgehead atoms. The Bertz CT molecular complexity index is 890. The van der Waals surface area contributed by atoms with Crippen LogP contribution in [0.4, 0.5) is 4.79 Å². The van der Waals surface area contributed by atoms with Crippen LogP contribution in [-0.4, -0.2) is 31.6 Å². The van der Waals surface area contributed by atoms with Gasteiger partial charge in [0.25, 0.3) is 0 Å². The average molecular weight is 369 g/mol. The molecule has 136 valence electrons. The summed E-state index contributed by atoms with van der Waals surface area (Å²) >= 11 is 1.75. The molecule has 5 heteroatoms. The molecule has 4 nitrogen and oxygen atoms in total.